The molecule has 1 heterocycles. The lowest BCUT2D eigenvalue weighted by molar-refractivity contribution is -0.137. The number of aromatic nitrogens is 2. The van der Waals surface area contributed by atoms with Crippen molar-refractivity contribution in [1.29, 1.82) is 0 Å². The van der Waals surface area contributed by atoms with Crippen LogP contribution in [0.1, 0.15) is 5.56 Å². The second kappa shape index (κ2) is 6.31. The number of nitrogens with zero attached hydrogens (tertiary/aromatic N) is 2. The van der Waals surface area contributed by atoms with Crippen LogP contribution in [0.4, 0.5) is 24.5 Å². The molecule has 5 nitrogen and oxygen atoms in total. The maximum atomic E-state index is 12.5. The van der Waals surface area contributed by atoms with Crippen molar-refractivity contribution in [2.75, 3.05) is 16.8 Å². The van der Waals surface area contributed by atoms with Gasteiger partial charge in [-0.15, -0.1) is 0 Å². The number of halogens is 3. The second-order valence-electron chi connectivity index (χ2n) is 3.84. The second-order valence-corrected chi connectivity index (χ2v) is 5.85. The molecule has 0 radical (unpaired) electrons. The summed E-state index contributed by atoms with van der Waals surface area (Å²) in [6, 6.07) is 2.78. The SMILES string of the molecule is Nc1cc(C(F)(F)F)ccc1NC(=O)CSc1ncns1. The van der Waals surface area contributed by atoms with Gasteiger partial charge in [-0.1, -0.05) is 11.8 Å². The van der Waals surface area contributed by atoms with Gasteiger partial charge in [-0.2, -0.15) is 17.5 Å². The molecule has 0 spiro atoms. The standard InChI is InChI=1S/C11H9F3N4OS2/c12-11(13,14)6-1-2-8(7(15)3-6)18-9(19)4-20-10-16-5-17-21-10/h1-3,5H,4,15H2,(H,18,19). The van der Waals surface area contributed by atoms with Crippen LogP contribution in [-0.2, 0) is 11.0 Å². The fraction of sp³-hybridized carbons (Fsp3) is 0.182. The van der Waals surface area contributed by atoms with Crippen molar-refractivity contribution in [3.05, 3.63) is 30.1 Å². The Hall–Kier alpha value is -1.81. The first kappa shape index (κ1) is 15.6. The number of benzene rings is 1. The Morgan fingerprint density at radius 2 is 2.19 bits per heavy atom. The van der Waals surface area contributed by atoms with Gasteiger partial charge >= 0.3 is 6.18 Å². The lowest BCUT2D eigenvalue weighted by atomic mass is 10.1. The molecule has 112 valence electrons. The van der Waals surface area contributed by atoms with E-state index >= 15 is 0 Å². The molecule has 0 unspecified atom stereocenters. The van der Waals surface area contributed by atoms with Gasteiger partial charge < -0.3 is 11.1 Å². The van der Waals surface area contributed by atoms with E-state index in [4.69, 9.17) is 5.73 Å². The predicted octanol–water partition coefficient (Wildman–Crippen LogP) is 2.87. The molecule has 1 aromatic carbocycles. The maximum absolute atomic E-state index is 12.5. The summed E-state index contributed by atoms with van der Waals surface area (Å²) in [5, 5.41) is 2.46. The van der Waals surface area contributed by atoms with Crippen LogP contribution >= 0.6 is 23.3 Å². The number of nitrogens with one attached hydrogen (secondary N) is 1. The van der Waals surface area contributed by atoms with Gasteiger partial charge in [-0.3, -0.25) is 4.79 Å². The molecule has 1 amide bonds. The highest BCUT2D eigenvalue weighted by molar-refractivity contribution is 8.01. The Morgan fingerprint density at radius 1 is 1.43 bits per heavy atom. The molecule has 3 N–H and O–H groups in total. The molecule has 1 aromatic heterocycles. The quantitative estimate of drug-likeness (QED) is 0.664. The molecular formula is C11H9F3N4OS2. The summed E-state index contributed by atoms with van der Waals surface area (Å²) in [5.41, 5.74) is 4.66. The number of rotatable bonds is 4. The van der Waals surface area contributed by atoms with Crippen molar-refractivity contribution in [1.82, 2.24) is 9.36 Å². The third kappa shape index (κ3) is 4.33. The van der Waals surface area contributed by atoms with Gasteiger partial charge in [0.15, 0.2) is 4.34 Å². The zero-order valence-corrected chi connectivity index (χ0v) is 12.0. The van der Waals surface area contributed by atoms with Crippen LogP contribution in [0.25, 0.3) is 0 Å². The van der Waals surface area contributed by atoms with Crippen molar-refractivity contribution in [3.8, 4) is 0 Å². The van der Waals surface area contributed by atoms with Crippen LogP contribution < -0.4 is 11.1 Å². The maximum Gasteiger partial charge on any atom is 0.416 e. The summed E-state index contributed by atoms with van der Waals surface area (Å²) in [7, 11) is 0. The fourth-order valence-electron chi connectivity index (χ4n) is 1.39. The lowest BCUT2D eigenvalue weighted by Crippen LogP contribution is -2.16. The van der Waals surface area contributed by atoms with E-state index in [0.29, 0.717) is 4.34 Å². The number of anilines is 2. The third-order valence-electron chi connectivity index (χ3n) is 2.32. The minimum atomic E-state index is -4.47. The van der Waals surface area contributed by atoms with Crippen molar-refractivity contribution in [2.45, 2.75) is 10.5 Å². The smallest absolute Gasteiger partial charge is 0.397 e. The topological polar surface area (TPSA) is 80.9 Å². The minimum absolute atomic E-state index is 0.0651. The van der Waals surface area contributed by atoms with E-state index in [0.717, 1.165) is 29.7 Å². The Bertz CT molecular complexity index is 631. The Kier molecular flexibility index (Phi) is 4.68. The van der Waals surface area contributed by atoms with E-state index in [1.807, 2.05) is 0 Å². The highest BCUT2D eigenvalue weighted by atomic mass is 32.2. The summed E-state index contributed by atoms with van der Waals surface area (Å²) in [4.78, 5) is 15.6. The number of hydrogen-bond acceptors (Lipinski definition) is 6. The molecule has 0 atom stereocenters. The predicted molar refractivity (Wildman–Crippen MR) is 75.1 cm³/mol. The number of nitrogen functional groups attached to an aromatic ring is 1. The van der Waals surface area contributed by atoms with E-state index in [-0.39, 0.29) is 23.0 Å². The monoisotopic (exact) mass is 334 g/mol. The van der Waals surface area contributed by atoms with Gasteiger partial charge in [0.2, 0.25) is 5.91 Å². The molecule has 2 rings (SSSR count). The fourth-order valence-corrected chi connectivity index (χ4v) is 2.64. The molecule has 0 aliphatic heterocycles. The molecule has 10 heteroatoms. The Labute approximate surface area is 125 Å². The number of alkyl halides is 3. The lowest BCUT2D eigenvalue weighted by Gasteiger charge is -2.11. The molecule has 0 saturated heterocycles. The van der Waals surface area contributed by atoms with Crippen molar-refractivity contribution >= 4 is 40.6 Å². The van der Waals surface area contributed by atoms with Gasteiger partial charge in [0.05, 0.1) is 22.7 Å². The first-order chi connectivity index (χ1) is 9.86. The first-order valence-electron chi connectivity index (χ1n) is 5.52. The first-order valence-corrected chi connectivity index (χ1v) is 7.28. The summed E-state index contributed by atoms with van der Waals surface area (Å²) in [6.07, 6.45) is -3.09. The van der Waals surface area contributed by atoms with Gasteiger partial charge in [-0.05, 0) is 29.7 Å². The average Bonchev–Trinajstić information content (AvgIpc) is 2.91. The largest absolute Gasteiger partial charge is 0.416 e. The number of thioether (sulfide) groups is 1. The van der Waals surface area contributed by atoms with Gasteiger partial charge in [-0.25, -0.2) is 4.98 Å². The number of nitrogens with two attached hydrogens (primary N) is 1. The number of amides is 1. The van der Waals surface area contributed by atoms with E-state index in [1.54, 1.807) is 0 Å². The molecule has 2 aromatic rings. The van der Waals surface area contributed by atoms with E-state index in [1.165, 1.54) is 18.1 Å². The van der Waals surface area contributed by atoms with Crippen LogP contribution in [-0.4, -0.2) is 21.0 Å². The van der Waals surface area contributed by atoms with Crippen LogP contribution in [0.15, 0.2) is 28.9 Å². The van der Waals surface area contributed by atoms with Crippen LogP contribution in [0.3, 0.4) is 0 Å². The molecule has 0 saturated carbocycles. The normalized spacial score (nSPS) is 11.4. The Balaban J connectivity index is 1.97. The van der Waals surface area contributed by atoms with Gasteiger partial charge in [0.1, 0.15) is 6.33 Å². The molecular weight excluding hydrogens is 325 g/mol. The van der Waals surface area contributed by atoms with E-state index < -0.39 is 11.7 Å². The summed E-state index contributed by atoms with van der Waals surface area (Å²) in [6.45, 7) is 0. The molecule has 0 fully saturated rings. The van der Waals surface area contributed by atoms with Crippen LogP contribution in [0, 0.1) is 0 Å². The summed E-state index contributed by atoms with van der Waals surface area (Å²) < 4.78 is 41.9. The number of carbonyl (C=O) groups excluding carboxylic acids is 1. The molecule has 0 bridgehead atoms. The molecule has 0 aliphatic carbocycles. The van der Waals surface area contributed by atoms with Crippen molar-refractivity contribution in [2.24, 2.45) is 0 Å². The minimum Gasteiger partial charge on any atom is -0.397 e. The van der Waals surface area contributed by atoms with Crippen molar-refractivity contribution < 1.29 is 18.0 Å². The summed E-state index contributed by atoms with van der Waals surface area (Å²) >= 11 is 2.33. The summed E-state index contributed by atoms with van der Waals surface area (Å²) in [5.74, 6) is -0.322. The highest BCUT2D eigenvalue weighted by Gasteiger charge is 2.30. The van der Waals surface area contributed by atoms with E-state index in [2.05, 4.69) is 14.7 Å². The van der Waals surface area contributed by atoms with Crippen LogP contribution in [0.2, 0.25) is 0 Å². The van der Waals surface area contributed by atoms with Gasteiger partial charge in [0.25, 0.3) is 0 Å². The zero-order valence-electron chi connectivity index (χ0n) is 10.3. The van der Waals surface area contributed by atoms with Crippen molar-refractivity contribution in [3.63, 3.8) is 0 Å². The third-order valence-corrected chi connectivity index (χ3v) is 4.12. The molecule has 0 aliphatic rings. The molecule has 21 heavy (non-hydrogen) atoms. The number of carbonyl (C=O) groups is 1. The number of hydrogen-bond donors (Lipinski definition) is 2. The Morgan fingerprint density at radius 3 is 2.76 bits per heavy atom. The van der Waals surface area contributed by atoms with Gasteiger partial charge in [0, 0.05) is 0 Å². The highest BCUT2D eigenvalue weighted by Crippen LogP contribution is 2.32. The zero-order chi connectivity index (χ0) is 15.5. The average molecular weight is 334 g/mol. The van der Waals surface area contributed by atoms with Crippen LogP contribution in [0.5, 0.6) is 0 Å². The van der Waals surface area contributed by atoms with E-state index in [9.17, 15) is 18.0 Å².